The van der Waals surface area contributed by atoms with Crippen LogP contribution in [0.4, 0.5) is 0 Å². The molecule has 0 radical (unpaired) electrons. The molecule has 0 saturated heterocycles. The van der Waals surface area contributed by atoms with Gasteiger partial charge in [-0.3, -0.25) is 9.59 Å². The highest BCUT2D eigenvalue weighted by Gasteiger charge is 2.20. The average molecular weight is 386 g/mol. The van der Waals surface area contributed by atoms with E-state index in [2.05, 4.69) is 0 Å². The molecule has 0 aliphatic heterocycles. The van der Waals surface area contributed by atoms with Crippen molar-refractivity contribution in [3.8, 4) is 0 Å². The summed E-state index contributed by atoms with van der Waals surface area (Å²) in [6.45, 7) is 1.55. The highest BCUT2D eigenvalue weighted by Crippen LogP contribution is 2.23. The Labute approximate surface area is 162 Å². The van der Waals surface area contributed by atoms with E-state index < -0.39 is 11.9 Å². The Morgan fingerprint density at radius 1 is 1.07 bits per heavy atom. The van der Waals surface area contributed by atoms with Crippen LogP contribution >= 0.6 is 11.8 Å². The Morgan fingerprint density at radius 2 is 1.70 bits per heavy atom. The molecule has 0 fully saturated rings. The number of nitrogens with two attached hydrogens (primary N) is 1. The first kappa shape index (κ1) is 20.5. The molecular weight excluding hydrogens is 364 g/mol. The zero-order valence-electron chi connectivity index (χ0n) is 15.3. The number of primary amides is 1. The van der Waals surface area contributed by atoms with Crippen molar-refractivity contribution in [2.24, 2.45) is 5.73 Å². The lowest BCUT2D eigenvalue weighted by Gasteiger charge is -2.25. The molecule has 0 heterocycles. The molecule has 1 atom stereocenters. The molecule has 7 heteroatoms. The molecule has 2 aromatic carbocycles. The number of carbonyl (C=O) groups is 3. The van der Waals surface area contributed by atoms with Crippen molar-refractivity contribution < 1.29 is 19.1 Å². The molecule has 2 rings (SSSR count). The normalized spacial score (nSPS) is 11.5. The number of ether oxygens (including phenoxy) is 1. The van der Waals surface area contributed by atoms with E-state index >= 15 is 0 Å². The third-order valence-electron chi connectivity index (χ3n) is 4.06. The minimum absolute atomic E-state index is 0.0561. The van der Waals surface area contributed by atoms with Crippen LogP contribution in [0.5, 0.6) is 0 Å². The predicted octanol–water partition coefficient (Wildman–Crippen LogP) is 2.64. The van der Waals surface area contributed by atoms with Crippen LogP contribution < -0.4 is 5.73 Å². The highest BCUT2D eigenvalue weighted by atomic mass is 32.2. The van der Waals surface area contributed by atoms with Gasteiger partial charge in [0, 0.05) is 11.9 Å². The van der Waals surface area contributed by atoms with Crippen molar-refractivity contribution in [2.75, 3.05) is 19.4 Å². The Hall–Kier alpha value is -2.80. The minimum Gasteiger partial charge on any atom is -0.452 e. The second-order valence-electron chi connectivity index (χ2n) is 5.92. The summed E-state index contributed by atoms with van der Waals surface area (Å²) in [5.41, 5.74) is 6.44. The zero-order chi connectivity index (χ0) is 19.8. The van der Waals surface area contributed by atoms with Crippen LogP contribution in [0.2, 0.25) is 0 Å². The highest BCUT2D eigenvalue weighted by molar-refractivity contribution is 8.00. The fraction of sp³-hybridized carbons (Fsp3) is 0.250. The second-order valence-corrected chi connectivity index (χ2v) is 6.94. The van der Waals surface area contributed by atoms with Crippen LogP contribution in [0.25, 0.3) is 0 Å². The smallest absolute Gasteiger partial charge is 0.339 e. The van der Waals surface area contributed by atoms with Crippen molar-refractivity contribution in [1.82, 2.24) is 4.90 Å². The molecule has 2 amide bonds. The van der Waals surface area contributed by atoms with Crippen LogP contribution in [-0.2, 0) is 14.3 Å². The van der Waals surface area contributed by atoms with Crippen molar-refractivity contribution in [3.05, 3.63) is 65.7 Å². The maximum Gasteiger partial charge on any atom is 0.339 e. The number of nitrogens with zero attached hydrogens (tertiary/aromatic N) is 1. The molecule has 0 bridgehead atoms. The number of carbonyl (C=O) groups excluding carboxylic acids is 3. The van der Waals surface area contributed by atoms with Gasteiger partial charge < -0.3 is 15.4 Å². The molecular formula is C20H22N2O4S. The molecule has 0 aliphatic rings. The molecule has 2 aromatic rings. The monoisotopic (exact) mass is 386 g/mol. The largest absolute Gasteiger partial charge is 0.452 e. The van der Waals surface area contributed by atoms with E-state index in [0.29, 0.717) is 10.5 Å². The van der Waals surface area contributed by atoms with Crippen molar-refractivity contribution in [2.45, 2.75) is 17.9 Å². The summed E-state index contributed by atoms with van der Waals surface area (Å²) < 4.78 is 5.18. The summed E-state index contributed by atoms with van der Waals surface area (Å²) in [7, 11) is 1.67. The Morgan fingerprint density at radius 3 is 2.37 bits per heavy atom. The fourth-order valence-electron chi connectivity index (χ4n) is 2.39. The molecule has 0 aliphatic carbocycles. The lowest BCUT2D eigenvalue weighted by molar-refractivity contribution is -0.135. The maximum absolute atomic E-state index is 12.4. The minimum atomic E-state index is -0.614. The summed E-state index contributed by atoms with van der Waals surface area (Å²) >= 11 is 1.16. The van der Waals surface area contributed by atoms with Crippen molar-refractivity contribution in [1.29, 1.82) is 0 Å². The van der Waals surface area contributed by atoms with E-state index in [1.165, 1.54) is 4.90 Å². The number of rotatable bonds is 8. The fourth-order valence-corrected chi connectivity index (χ4v) is 3.17. The van der Waals surface area contributed by atoms with E-state index in [1.54, 1.807) is 31.3 Å². The number of thioether (sulfide) groups is 1. The third-order valence-corrected chi connectivity index (χ3v) is 5.16. The van der Waals surface area contributed by atoms with Crippen LogP contribution in [0.1, 0.15) is 28.9 Å². The van der Waals surface area contributed by atoms with Gasteiger partial charge in [0.1, 0.15) is 0 Å². The topological polar surface area (TPSA) is 89.7 Å². The molecule has 2 N–H and O–H groups in total. The van der Waals surface area contributed by atoms with Crippen molar-refractivity contribution >= 4 is 29.5 Å². The third kappa shape index (κ3) is 5.86. The molecule has 27 heavy (non-hydrogen) atoms. The number of benzene rings is 2. The van der Waals surface area contributed by atoms with Gasteiger partial charge >= 0.3 is 5.97 Å². The van der Waals surface area contributed by atoms with Crippen LogP contribution in [0, 0.1) is 0 Å². The van der Waals surface area contributed by atoms with E-state index in [0.717, 1.165) is 17.3 Å². The van der Waals surface area contributed by atoms with Gasteiger partial charge in [-0.05, 0) is 24.6 Å². The zero-order valence-corrected chi connectivity index (χ0v) is 16.1. The van der Waals surface area contributed by atoms with Gasteiger partial charge in [-0.15, -0.1) is 11.8 Å². The van der Waals surface area contributed by atoms with Crippen molar-refractivity contribution in [3.63, 3.8) is 0 Å². The standard InChI is InChI=1S/C20H22N2O4S/c1-14(15-8-4-3-5-9-15)22(2)19(24)12-26-20(25)16-10-6-7-11-17(16)27-13-18(21)23/h3-11,14H,12-13H2,1-2H3,(H2,21,23). The van der Waals surface area contributed by atoms with Crippen LogP contribution in [0.15, 0.2) is 59.5 Å². The van der Waals surface area contributed by atoms with Crippen LogP contribution in [0.3, 0.4) is 0 Å². The summed E-state index contributed by atoms with van der Waals surface area (Å²) in [5, 5.41) is 0. The van der Waals surface area contributed by atoms with Gasteiger partial charge in [0.05, 0.1) is 17.4 Å². The number of hydrogen-bond acceptors (Lipinski definition) is 5. The Bertz CT molecular complexity index is 811. The number of hydrogen-bond donors (Lipinski definition) is 1. The quantitative estimate of drug-likeness (QED) is 0.556. The van der Waals surface area contributed by atoms with Gasteiger partial charge in [-0.1, -0.05) is 42.5 Å². The maximum atomic E-state index is 12.4. The first-order chi connectivity index (χ1) is 12.9. The van der Waals surface area contributed by atoms with Gasteiger partial charge in [0.2, 0.25) is 5.91 Å². The van der Waals surface area contributed by atoms with Gasteiger partial charge in [0.25, 0.3) is 5.91 Å². The number of amides is 2. The van der Waals surface area contributed by atoms with Gasteiger partial charge in [-0.25, -0.2) is 4.79 Å². The summed E-state index contributed by atoms with van der Waals surface area (Å²) in [6.07, 6.45) is 0. The molecule has 0 spiro atoms. The summed E-state index contributed by atoms with van der Waals surface area (Å²) in [6, 6.07) is 16.2. The molecule has 1 unspecified atom stereocenters. The van der Waals surface area contributed by atoms with E-state index in [4.69, 9.17) is 10.5 Å². The lowest BCUT2D eigenvalue weighted by Crippen LogP contribution is -2.33. The number of likely N-dealkylation sites (N-methyl/N-ethyl adjacent to an activating group) is 1. The second kappa shape index (κ2) is 9.78. The molecule has 6 nitrogen and oxygen atoms in total. The van der Waals surface area contributed by atoms with E-state index in [-0.39, 0.29) is 24.3 Å². The average Bonchev–Trinajstić information content (AvgIpc) is 2.69. The van der Waals surface area contributed by atoms with Gasteiger partial charge in [0.15, 0.2) is 6.61 Å². The molecule has 0 saturated carbocycles. The Balaban J connectivity index is 1.97. The number of esters is 1. The van der Waals surface area contributed by atoms with Crippen LogP contribution in [-0.4, -0.2) is 42.1 Å². The van der Waals surface area contributed by atoms with E-state index in [1.807, 2.05) is 37.3 Å². The predicted molar refractivity (Wildman–Crippen MR) is 104 cm³/mol. The van der Waals surface area contributed by atoms with E-state index in [9.17, 15) is 14.4 Å². The summed E-state index contributed by atoms with van der Waals surface area (Å²) in [4.78, 5) is 37.8. The first-order valence-corrected chi connectivity index (χ1v) is 9.36. The summed E-state index contributed by atoms with van der Waals surface area (Å²) in [5.74, 6) is -1.34. The Kier molecular flexibility index (Phi) is 7.43. The lowest BCUT2D eigenvalue weighted by atomic mass is 10.1. The first-order valence-electron chi connectivity index (χ1n) is 8.38. The SMILES string of the molecule is CC(c1ccccc1)N(C)C(=O)COC(=O)c1ccccc1SCC(N)=O. The van der Waals surface area contributed by atoms with Gasteiger partial charge in [-0.2, -0.15) is 0 Å². The molecule has 0 aromatic heterocycles. The molecule has 142 valence electrons.